The molecular weight excluding hydrogens is 282 g/mol. The maximum Gasteiger partial charge on any atom is 0.328 e. The number of nitrogens with zero attached hydrogens (tertiary/aromatic N) is 1. The van der Waals surface area contributed by atoms with Gasteiger partial charge in [0.1, 0.15) is 0 Å². The van der Waals surface area contributed by atoms with E-state index in [4.69, 9.17) is 5.11 Å². The zero-order valence-electron chi connectivity index (χ0n) is 12.5. The van der Waals surface area contributed by atoms with Crippen LogP contribution in [0.1, 0.15) is 17.4 Å². The molecule has 0 bridgehead atoms. The van der Waals surface area contributed by atoms with Crippen LogP contribution in [0, 0.1) is 0 Å². The Bertz CT molecular complexity index is 654. The molecule has 110 valence electrons. The van der Waals surface area contributed by atoms with E-state index >= 15 is 0 Å². The summed E-state index contributed by atoms with van der Waals surface area (Å²) in [7, 11) is 4.11. The summed E-state index contributed by atoms with van der Waals surface area (Å²) in [6, 6.07) is 12.5. The number of benzene rings is 1. The number of carboxylic acid groups (broad SMARTS) is 1. The van der Waals surface area contributed by atoms with Crippen LogP contribution >= 0.6 is 11.3 Å². The molecule has 0 aliphatic rings. The third-order valence-corrected chi connectivity index (χ3v) is 4.34. The molecule has 2 aromatic rings. The highest BCUT2D eigenvalue weighted by molar-refractivity contribution is 7.16. The van der Waals surface area contributed by atoms with Crippen molar-refractivity contribution >= 4 is 22.9 Å². The van der Waals surface area contributed by atoms with E-state index in [1.165, 1.54) is 11.6 Å². The molecule has 1 N–H and O–H groups in total. The number of allylic oxidation sites excluding steroid dienone is 1. The molecule has 0 spiro atoms. The molecule has 0 aliphatic heterocycles. The van der Waals surface area contributed by atoms with Gasteiger partial charge in [-0.1, -0.05) is 24.3 Å². The fraction of sp³-hybridized carbons (Fsp3) is 0.235. The Morgan fingerprint density at radius 2 is 1.86 bits per heavy atom. The molecule has 3 nitrogen and oxygen atoms in total. The van der Waals surface area contributed by atoms with Crippen LogP contribution in [0.25, 0.3) is 16.0 Å². The highest BCUT2D eigenvalue weighted by Gasteiger charge is 2.06. The average Bonchev–Trinajstić information content (AvgIpc) is 2.87. The first-order chi connectivity index (χ1) is 9.95. The zero-order chi connectivity index (χ0) is 15.4. The topological polar surface area (TPSA) is 40.5 Å². The predicted molar refractivity (Wildman–Crippen MR) is 88.4 cm³/mol. The first-order valence-corrected chi connectivity index (χ1v) is 7.53. The SMILES string of the molecule is C/C(=C\C(=O)O)c1ccc(-c2ccc(CN(C)C)cc2)s1. The summed E-state index contributed by atoms with van der Waals surface area (Å²) in [5, 5.41) is 8.80. The number of hydrogen-bond acceptors (Lipinski definition) is 3. The molecule has 0 saturated carbocycles. The molecule has 0 fully saturated rings. The molecule has 0 amide bonds. The van der Waals surface area contributed by atoms with Crippen LogP contribution in [0.4, 0.5) is 0 Å². The van der Waals surface area contributed by atoms with Crippen LogP contribution < -0.4 is 0 Å². The van der Waals surface area contributed by atoms with E-state index in [2.05, 4.69) is 43.3 Å². The molecule has 2 rings (SSSR count). The molecule has 4 heteroatoms. The van der Waals surface area contributed by atoms with Crippen LogP contribution in [-0.2, 0) is 11.3 Å². The largest absolute Gasteiger partial charge is 0.478 e. The Hall–Kier alpha value is -1.91. The molecule has 0 radical (unpaired) electrons. The first kappa shape index (κ1) is 15.5. The van der Waals surface area contributed by atoms with Gasteiger partial charge in [-0.05, 0) is 49.9 Å². The lowest BCUT2D eigenvalue weighted by Crippen LogP contribution is -2.10. The molecule has 1 heterocycles. The van der Waals surface area contributed by atoms with Crippen LogP contribution in [0.5, 0.6) is 0 Å². The minimum absolute atomic E-state index is 0.781. The van der Waals surface area contributed by atoms with E-state index in [0.29, 0.717) is 0 Å². The van der Waals surface area contributed by atoms with Crippen LogP contribution in [0.3, 0.4) is 0 Å². The Morgan fingerprint density at radius 1 is 1.19 bits per heavy atom. The number of carbonyl (C=O) groups is 1. The van der Waals surface area contributed by atoms with E-state index in [1.807, 2.05) is 19.1 Å². The van der Waals surface area contributed by atoms with Gasteiger partial charge in [0.2, 0.25) is 0 Å². The smallest absolute Gasteiger partial charge is 0.328 e. The van der Waals surface area contributed by atoms with Crippen LogP contribution in [-0.4, -0.2) is 30.1 Å². The molecule has 0 saturated heterocycles. The van der Waals surface area contributed by atoms with Crippen LogP contribution in [0.15, 0.2) is 42.5 Å². The first-order valence-electron chi connectivity index (χ1n) is 6.71. The van der Waals surface area contributed by atoms with Gasteiger partial charge in [0.15, 0.2) is 0 Å². The molecule has 0 aliphatic carbocycles. The number of thiophene rings is 1. The lowest BCUT2D eigenvalue weighted by Gasteiger charge is -2.09. The van der Waals surface area contributed by atoms with Crippen molar-refractivity contribution in [1.29, 1.82) is 0 Å². The summed E-state index contributed by atoms with van der Waals surface area (Å²) < 4.78 is 0. The van der Waals surface area contributed by atoms with Crippen molar-refractivity contribution in [2.45, 2.75) is 13.5 Å². The lowest BCUT2D eigenvalue weighted by molar-refractivity contribution is -0.131. The second-order valence-electron chi connectivity index (χ2n) is 5.26. The quantitative estimate of drug-likeness (QED) is 0.850. The van der Waals surface area contributed by atoms with Crippen molar-refractivity contribution in [3.05, 3.63) is 52.9 Å². The summed E-state index contributed by atoms with van der Waals surface area (Å²) in [4.78, 5) is 15.0. The molecule has 1 aromatic carbocycles. The van der Waals surface area contributed by atoms with Gasteiger partial charge in [0.05, 0.1) is 0 Å². The maximum atomic E-state index is 10.7. The van der Waals surface area contributed by atoms with Gasteiger partial charge in [-0.2, -0.15) is 0 Å². The normalized spacial score (nSPS) is 11.9. The number of aliphatic carboxylic acids is 1. The number of carboxylic acids is 1. The van der Waals surface area contributed by atoms with E-state index in [0.717, 1.165) is 27.4 Å². The highest BCUT2D eigenvalue weighted by atomic mass is 32.1. The molecule has 0 atom stereocenters. The van der Waals surface area contributed by atoms with Gasteiger partial charge >= 0.3 is 5.97 Å². The number of rotatable bonds is 5. The van der Waals surface area contributed by atoms with Gasteiger partial charge < -0.3 is 10.0 Å². The fourth-order valence-electron chi connectivity index (χ4n) is 2.10. The van der Waals surface area contributed by atoms with Crippen molar-refractivity contribution in [1.82, 2.24) is 4.90 Å². The maximum absolute atomic E-state index is 10.7. The monoisotopic (exact) mass is 301 g/mol. The van der Waals surface area contributed by atoms with E-state index in [9.17, 15) is 4.79 Å². The Labute approximate surface area is 129 Å². The third-order valence-electron chi connectivity index (χ3n) is 3.07. The Kier molecular flexibility index (Phi) is 4.94. The zero-order valence-corrected chi connectivity index (χ0v) is 13.3. The highest BCUT2D eigenvalue weighted by Crippen LogP contribution is 2.31. The number of hydrogen-bond donors (Lipinski definition) is 1. The van der Waals surface area contributed by atoms with Crippen molar-refractivity contribution in [2.75, 3.05) is 14.1 Å². The summed E-state index contributed by atoms with van der Waals surface area (Å²) in [6.45, 7) is 2.75. The van der Waals surface area contributed by atoms with Gasteiger partial charge in [-0.25, -0.2) is 4.79 Å². The second kappa shape index (κ2) is 6.70. The Morgan fingerprint density at radius 3 is 2.43 bits per heavy atom. The Balaban J connectivity index is 2.20. The van der Waals surface area contributed by atoms with Gasteiger partial charge in [-0.15, -0.1) is 11.3 Å². The lowest BCUT2D eigenvalue weighted by atomic mass is 10.1. The van der Waals surface area contributed by atoms with Gasteiger partial charge in [0.25, 0.3) is 0 Å². The van der Waals surface area contributed by atoms with Gasteiger partial charge in [-0.3, -0.25) is 0 Å². The van der Waals surface area contributed by atoms with Crippen LogP contribution in [0.2, 0.25) is 0 Å². The molecular formula is C17H19NO2S. The standard InChI is InChI=1S/C17H19NO2S/c1-12(10-17(19)20)15-8-9-16(21-15)14-6-4-13(5-7-14)11-18(2)3/h4-10H,11H2,1-3H3,(H,19,20)/b12-10+. The summed E-state index contributed by atoms with van der Waals surface area (Å²) in [5.41, 5.74) is 3.22. The molecule has 1 aromatic heterocycles. The molecule has 21 heavy (non-hydrogen) atoms. The van der Waals surface area contributed by atoms with Gasteiger partial charge in [0, 0.05) is 22.4 Å². The minimum Gasteiger partial charge on any atom is -0.478 e. The van der Waals surface area contributed by atoms with Crippen molar-refractivity contribution < 1.29 is 9.90 Å². The fourth-order valence-corrected chi connectivity index (χ4v) is 3.08. The average molecular weight is 301 g/mol. The van der Waals surface area contributed by atoms with E-state index in [-0.39, 0.29) is 0 Å². The predicted octanol–water partition coefficient (Wildman–Crippen LogP) is 3.96. The molecule has 0 unspecified atom stereocenters. The van der Waals surface area contributed by atoms with E-state index < -0.39 is 5.97 Å². The summed E-state index contributed by atoms with van der Waals surface area (Å²) >= 11 is 1.61. The summed E-state index contributed by atoms with van der Waals surface area (Å²) in [5.74, 6) is -0.907. The summed E-state index contributed by atoms with van der Waals surface area (Å²) in [6.07, 6.45) is 1.25. The van der Waals surface area contributed by atoms with Crippen molar-refractivity contribution in [2.24, 2.45) is 0 Å². The third kappa shape index (κ3) is 4.28. The second-order valence-corrected chi connectivity index (χ2v) is 6.35. The van der Waals surface area contributed by atoms with E-state index in [1.54, 1.807) is 11.3 Å². The van der Waals surface area contributed by atoms with Crippen molar-refractivity contribution in [3.63, 3.8) is 0 Å². The minimum atomic E-state index is -0.907. The van der Waals surface area contributed by atoms with Crippen molar-refractivity contribution in [3.8, 4) is 10.4 Å².